The Balaban J connectivity index is 2.08. The number of fused-ring (bicyclic) bond motifs is 5. The topological polar surface area (TPSA) is 57.4 Å². The molecule has 1 aromatic rings. The van der Waals surface area contributed by atoms with Gasteiger partial charge in [-0.3, -0.25) is 15.0 Å². The average Bonchev–Trinajstić information content (AvgIpc) is 2.69. The Kier molecular flexibility index (Phi) is 2.89. The molecule has 98 valence electrons. The fourth-order valence-electron chi connectivity index (χ4n) is 3.28. The van der Waals surface area contributed by atoms with E-state index in [4.69, 9.17) is 0 Å². The van der Waals surface area contributed by atoms with Crippen LogP contribution in [0.2, 0.25) is 0 Å². The van der Waals surface area contributed by atoms with Crippen LogP contribution in [0.15, 0.2) is 27.4 Å². The van der Waals surface area contributed by atoms with E-state index in [0.717, 1.165) is 17.8 Å². The standard InChI is InChI=1S/C14H16N4O/c1-3-16-14-6-12-10-4-9(7-18(8-10)17-19)11(12)5-13(14)15-2/h3,5-6,9-10H,2,4,7-8H2,1H3/b16-3-. The van der Waals surface area contributed by atoms with Gasteiger partial charge in [0, 0.05) is 31.1 Å². The summed E-state index contributed by atoms with van der Waals surface area (Å²) in [5.41, 5.74) is 4.25. The van der Waals surface area contributed by atoms with Gasteiger partial charge in [0.25, 0.3) is 0 Å². The first-order valence-corrected chi connectivity index (χ1v) is 6.48. The molecule has 1 aliphatic heterocycles. The van der Waals surface area contributed by atoms with Crippen LogP contribution in [-0.2, 0) is 0 Å². The van der Waals surface area contributed by atoms with Crippen molar-refractivity contribution in [2.24, 2.45) is 15.3 Å². The van der Waals surface area contributed by atoms with Crippen LogP contribution in [0, 0.1) is 4.91 Å². The predicted octanol–water partition coefficient (Wildman–Crippen LogP) is 3.31. The molecule has 0 amide bonds. The van der Waals surface area contributed by atoms with Crippen molar-refractivity contribution in [3.63, 3.8) is 0 Å². The predicted molar refractivity (Wildman–Crippen MR) is 76.9 cm³/mol. The van der Waals surface area contributed by atoms with Gasteiger partial charge in [-0.15, -0.1) is 4.91 Å². The van der Waals surface area contributed by atoms with Gasteiger partial charge >= 0.3 is 0 Å². The number of hydrogen-bond donors (Lipinski definition) is 0. The number of nitrogens with zero attached hydrogens (tertiary/aromatic N) is 4. The molecule has 0 radical (unpaired) electrons. The number of nitroso groups, excluding NO2 is 1. The van der Waals surface area contributed by atoms with Crippen molar-refractivity contribution in [1.29, 1.82) is 0 Å². The summed E-state index contributed by atoms with van der Waals surface area (Å²) >= 11 is 0. The molecule has 2 atom stereocenters. The van der Waals surface area contributed by atoms with E-state index in [1.807, 2.05) is 6.92 Å². The molecule has 19 heavy (non-hydrogen) atoms. The fourth-order valence-corrected chi connectivity index (χ4v) is 3.28. The second-order valence-corrected chi connectivity index (χ2v) is 5.10. The van der Waals surface area contributed by atoms with Crippen LogP contribution in [0.25, 0.3) is 0 Å². The van der Waals surface area contributed by atoms with Crippen LogP contribution in [-0.4, -0.2) is 31.0 Å². The molecular formula is C14H16N4O. The summed E-state index contributed by atoms with van der Waals surface area (Å²) in [5, 5.41) is 4.72. The van der Waals surface area contributed by atoms with E-state index < -0.39 is 0 Å². The molecule has 3 rings (SSSR count). The second-order valence-electron chi connectivity index (χ2n) is 5.10. The molecule has 0 saturated carbocycles. The number of hydrogen-bond acceptors (Lipinski definition) is 4. The minimum Gasteiger partial charge on any atom is -0.262 e. The lowest BCUT2D eigenvalue weighted by Crippen LogP contribution is -2.30. The lowest BCUT2D eigenvalue weighted by Gasteiger charge is -2.26. The van der Waals surface area contributed by atoms with E-state index in [2.05, 4.69) is 34.1 Å². The largest absolute Gasteiger partial charge is 0.262 e. The van der Waals surface area contributed by atoms with Gasteiger partial charge in [0.15, 0.2) is 0 Å². The molecule has 2 aliphatic rings. The highest BCUT2D eigenvalue weighted by atomic mass is 16.3. The molecule has 1 heterocycles. The van der Waals surface area contributed by atoms with E-state index >= 15 is 0 Å². The average molecular weight is 256 g/mol. The Morgan fingerprint density at radius 1 is 1.26 bits per heavy atom. The molecule has 1 fully saturated rings. The van der Waals surface area contributed by atoms with Crippen LogP contribution in [0.5, 0.6) is 0 Å². The molecule has 0 spiro atoms. The monoisotopic (exact) mass is 256 g/mol. The Bertz CT molecular complexity index is 567. The van der Waals surface area contributed by atoms with Gasteiger partial charge in [0.1, 0.15) is 0 Å². The van der Waals surface area contributed by atoms with Crippen molar-refractivity contribution in [2.45, 2.75) is 25.2 Å². The Hall–Kier alpha value is -2.04. The minimum absolute atomic E-state index is 0.381. The van der Waals surface area contributed by atoms with Crippen LogP contribution in [0.4, 0.5) is 11.4 Å². The first-order chi connectivity index (χ1) is 9.26. The molecule has 0 N–H and O–H groups in total. The van der Waals surface area contributed by atoms with Gasteiger partial charge in [0.2, 0.25) is 0 Å². The molecule has 2 unspecified atom stereocenters. The zero-order valence-electron chi connectivity index (χ0n) is 10.9. The normalized spacial score (nSPS) is 24.6. The maximum absolute atomic E-state index is 10.7. The van der Waals surface area contributed by atoms with Gasteiger partial charge in [-0.1, -0.05) is 0 Å². The number of piperidine rings is 1. The van der Waals surface area contributed by atoms with E-state index in [1.165, 1.54) is 11.1 Å². The van der Waals surface area contributed by atoms with E-state index in [9.17, 15) is 4.91 Å². The highest BCUT2D eigenvalue weighted by Crippen LogP contribution is 2.49. The van der Waals surface area contributed by atoms with E-state index in [0.29, 0.717) is 24.9 Å². The van der Waals surface area contributed by atoms with Gasteiger partial charge in [-0.05, 0) is 43.3 Å². The third-order valence-electron chi connectivity index (χ3n) is 4.05. The second kappa shape index (κ2) is 4.57. The molecule has 1 aromatic carbocycles. The van der Waals surface area contributed by atoms with Gasteiger partial charge < -0.3 is 0 Å². The Labute approximate surface area is 112 Å². The smallest absolute Gasteiger partial charge is 0.0884 e. The SMILES string of the molecule is C=Nc1cc2c(cc1/N=C\C)C1CC2CN(N=O)C1. The fraction of sp³-hybridized carbons (Fsp3) is 0.429. The molecule has 5 heteroatoms. The molecule has 1 aliphatic carbocycles. The first-order valence-electron chi connectivity index (χ1n) is 6.48. The van der Waals surface area contributed by atoms with Crippen molar-refractivity contribution in [2.75, 3.05) is 13.1 Å². The summed E-state index contributed by atoms with van der Waals surface area (Å²) in [6.45, 7) is 6.92. The zero-order chi connectivity index (χ0) is 13.4. The maximum atomic E-state index is 10.7. The highest BCUT2D eigenvalue weighted by molar-refractivity contribution is 5.73. The zero-order valence-corrected chi connectivity index (χ0v) is 10.9. The van der Waals surface area contributed by atoms with Crippen molar-refractivity contribution in [3.05, 3.63) is 28.2 Å². The van der Waals surface area contributed by atoms with Crippen LogP contribution in [0.1, 0.15) is 36.3 Å². The number of benzene rings is 1. The van der Waals surface area contributed by atoms with Gasteiger partial charge in [-0.2, -0.15) is 0 Å². The molecular weight excluding hydrogens is 240 g/mol. The van der Waals surface area contributed by atoms with Crippen LogP contribution < -0.4 is 0 Å². The molecule has 2 bridgehead atoms. The third-order valence-corrected chi connectivity index (χ3v) is 4.05. The summed E-state index contributed by atoms with van der Waals surface area (Å²) in [5.74, 6) is 0.766. The van der Waals surface area contributed by atoms with Crippen LogP contribution in [0.3, 0.4) is 0 Å². The quantitative estimate of drug-likeness (QED) is 0.615. The Morgan fingerprint density at radius 3 is 2.42 bits per heavy atom. The molecule has 0 aromatic heterocycles. The number of aliphatic imine (C=N–C) groups is 2. The third kappa shape index (κ3) is 1.85. The first kappa shape index (κ1) is 12.0. The van der Waals surface area contributed by atoms with Crippen molar-refractivity contribution < 1.29 is 0 Å². The summed E-state index contributed by atoms with van der Waals surface area (Å²) in [4.78, 5) is 19.2. The van der Waals surface area contributed by atoms with Crippen LogP contribution >= 0.6 is 0 Å². The number of rotatable bonds is 3. The summed E-state index contributed by atoms with van der Waals surface area (Å²) in [6.07, 6.45) is 2.86. The minimum atomic E-state index is 0.381. The van der Waals surface area contributed by atoms with E-state index in [1.54, 1.807) is 11.2 Å². The lowest BCUT2D eigenvalue weighted by molar-refractivity contribution is 0.208. The lowest BCUT2D eigenvalue weighted by atomic mass is 9.97. The summed E-state index contributed by atoms with van der Waals surface area (Å²) in [6, 6.07) is 4.17. The van der Waals surface area contributed by atoms with Crippen molar-refractivity contribution >= 4 is 24.3 Å². The highest BCUT2D eigenvalue weighted by Gasteiger charge is 2.38. The summed E-state index contributed by atoms with van der Waals surface area (Å²) in [7, 11) is 0. The van der Waals surface area contributed by atoms with Crippen molar-refractivity contribution in [3.8, 4) is 0 Å². The maximum Gasteiger partial charge on any atom is 0.0884 e. The van der Waals surface area contributed by atoms with Gasteiger partial charge in [-0.25, -0.2) is 0 Å². The molecule has 5 nitrogen and oxygen atoms in total. The summed E-state index contributed by atoms with van der Waals surface area (Å²) < 4.78 is 0. The Morgan fingerprint density at radius 2 is 1.89 bits per heavy atom. The van der Waals surface area contributed by atoms with Crippen molar-refractivity contribution in [1.82, 2.24) is 5.01 Å². The van der Waals surface area contributed by atoms with E-state index in [-0.39, 0.29) is 0 Å². The molecule has 1 saturated heterocycles. The van der Waals surface area contributed by atoms with Gasteiger partial charge in [0.05, 0.1) is 16.7 Å².